The average molecular weight is 306 g/mol. The standard InChI is InChI=1S/C17H20ClNS/c1-17(19,11-15-8-9-16(18)20-15)14-7-6-12-4-2-3-5-13(12)10-14/h6-10H,2-5,11,19H2,1H3. The molecule has 0 saturated heterocycles. The van der Waals surface area contributed by atoms with Crippen LogP contribution in [0.4, 0.5) is 0 Å². The van der Waals surface area contributed by atoms with Crippen LogP contribution in [0.5, 0.6) is 0 Å². The number of fused-ring (bicyclic) bond motifs is 1. The van der Waals surface area contributed by atoms with Gasteiger partial charge >= 0.3 is 0 Å². The van der Waals surface area contributed by atoms with E-state index in [-0.39, 0.29) is 5.54 Å². The third-order valence-electron chi connectivity index (χ3n) is 4.18. The van der Waals surface area contributed by atoms with Crippen LogP contribution in [-0.2, 0) is 24.8 Å². The summed E-state index contributed by atoms with van der Waals surface area (Å²) in [5.41, 5.74) is 10.5. The molecule has 0 radical (unpaired) electrons. The predicted octanol–water partition coefficient (Wildman–Crippen LogP) is 4.70. The van der Waals surface area contributed by atoms with E-state index in [1.54, 1.807) is 11.3 Å². The van der Waals surface area contributed by atoms with Gasteiger partial charge in [-0.3, -0.25) is 0 Å². The van der Waals surface area contributed by atoms with Crippen molar-refractivity contribution in [3.8, 4) is 0 Å². The summed E-state index contributed by atoms with van der Waals surface area (Å²) >= 11 is 7.63. The molecule has 1 nitrogen and oxygen atoms in total. The Labute approximate surface area is 129 Å². The smallest absolute Gasteiger partial charge is 0.0931 e. The maximum absolute atomic E-state index is 6.58. The molecule has 0 amide bonds. The molecule has 1 unspecified atom stereocenters. The zero-order chi connectivity index (χ0) is 14.2. The van der Waals surface area contributed by atoms with E-state index < -0.39 is 0 Å². The SMILES string of the molecule is CC(N)(Cc1ccc(Cl)s1)c1ccc2c(c1)CCCC2. The van der Waals surface area contributed by atoms with Crippen molar-refractivity contribution < 1.29 is 0 Å². The molecule has 1 aromatic carbocycles. The van der Waals surface area contributed by atoms with Gasteiger partial charge in [-0.25, -0.2) is 0 Å². The second kappa shape index (κ2) is 5.51. The summed E-state index contributed by atoms with van der Waals surface area (Å²) in [7, 11) is 0. The van der Waals surface area contributed by atoms with Gasteiger partial charge in [-0.1, -0.05) is 29.8 Å². The van der Waals surface area contributed by atoms with Crippen molar-refractivity contribution in [2.24, 2.45) is 5.73 Å². The molecule has 1 atom stereocenters. The Kier molecular flexibility index (Phi) is 3.89. The van der Waals surface area contributed by atoms with Crippen LogP contribution < -0.4 is 5.73 Å². The van der Waals surface area contributed by atoms with Gasteiger partial charge in [0.05, 0.1) is 4.34 Å². The van der Waals surface area contributed by atoms with Crippen molar-refractivity contribution in [3.05, 3.63) is 56.2 Å². The largest absolute Gasteiger partial charge is 0.321 e. The molecule has 1 heterocycles. The summed E-state index contributed by atoms with van der Waals surface area (Å²) in [6, 6.07) is 10.8. The van der Waals surface area contributed by atoms with Crippen molar-refractivity contribution in [2.75, 3.05) is 0 Å². The monoisotopic (exact) mass is 305 g/mol. The number of benzene rings is 1. The third-order valence-corrected chi connectivity index (χ3v) is 5.41. The fourth-order valence-corrected chi connectivity index (χ4v) is 4.25. The van der Waals surface area contributed by atoms with Crippen LogP contribution in [0.2, 0.25) is 4.34 Å². The first-order valence-electron chi connectivity index (χ1n) is 7.20. The minimum Gasteiger partial charge on any atom is -0.321 e. The molecule has 1 aliphatic carbocycles. The van der Waals surface area contributed by atoms with Crippen LogP contribution in [0.1, 0.15) is 41.3 Å². The Balaban J connectivity index is 1.86. The van der Waals surface area contributed by atoms with Gasteiger partial charge < -0.3 is 5.73 Å². The number of nitrogens with two attached hydrogens (primary N) is 1. The normalized spacial score (nSPS) is 17.6. The number of hydrogen-bond acceptors (Lipinski definition) is 2. The summed E-state index contributed by atoms with van der Waals surface area (Å²) < 4.78 is 0.834. The van der Waals surface area contributed by atoms with Gasteiger partial charge in [0, 0.05) is 16.8 Å². The minimum absolute atomic E-state index is 0.333. The Hall–Kier alpha value is -0.830. The molecule has 0 spiro atoms. The summed E-state index contributed by atoms with van der Waals surface area (Å²) in [6.07, 6.45) is 5.88. The van der Waals surface area contributed by atoms with Gasteiger partial charge in [0.1, 0.15) is 0 Å². The van der Waals surface area contributed by atoms with Crippen molar-refractivity contribution in [2.45, 2.75) is 44.6 Å². The molecule has 2 aromatic rings. The van der Waals surface area contributed by atoms with E-state index in [1.165, 1.54) is 47.3 Å². The van der Waals surface area contributed by atoms with E-state index in [0.29, 0.717) is 0 Å². The summed E-state index contributed by atoms with van der Waals surface area (Å²) in [5.74, 6) is 0. The van der Waals surface area contributed by atoms with Crippen LogP contribution in [0.25, 0.3) is 0 Å². The van der Waals surface area contributed by atoms with Crippen molar-refractivity contribution in [1.29, 1.82) is 0 Å². The van der Waals surface area contributed by atoms with E-state index in [0.717, 1.165) is 10.8 Å². The van der Waals surface area contributed by atoms with Crippen LogP contribution in [0.3, 0.4) is 0 Å². The van der Waals surface area contributed by atoms with E-state index in [1.807, 2.05) is 6.07 Å². The fraction of sp³-hybridized carbons (Fsp3) is 0.412. The van der Waals surface area contributed by atoms with Crippen LogP contribution >= 0.6 is 22.9 Å². The second-order valence-corrected chi connectivity index (χ2v) is 7.79. The molecule has 20 heavy (non-hydrogen) atoms. The average Bonchev–Trinajstić information content (AvgIpc) is 2.83. The van der Waals surface area contributed by atoms with Crippen LogP contribution in [-0.4, -0.2) is 0 Å². The highest BCUT2D eigenvalue weighted by atomic mass is 35.5. The topological polar surface area (TPSA) is 26.0 Å². The van der Waals surface area contributed by atoms with Crippen molar-refractivity contribution in [3.63, 3.8) is 0 Å². The lowest BCUT2D eigenvalue weighted by Crippen LogP contribution is -2.35. The lowest BCUT2D eigenvalue weighted by molar-refractivity contribution is 0.494. The number of aryl methyl sites for hydroxylation is 2. The molecule has 2 N–H and O–H groups in total. The fourth-order valence-electron chi connectivity index (χ4n) is 3.00. The maximum atomic E-state index is 6.58. The molecule has 0 aliphatic heterocycles. The Morgan fingerprint density at radius 1 is 1.15 bits per heavy atom. The Morgan fingerprint density at radius 3 is 2.60 bits per heavy atom. The molecule has 0 saturated carbocycles. The maximum Gasteiger partial charge on any atom is 0.0931 e. The zero-order valence-electron chi connectivity index (χ0n) is 11.8. The minimum atomic E-state index is -0.333. The van der Waals surface area contributed by atoms with Gasteiger partial charge in [-0.2, -0.15) is 0 Å². The van der Waals surface area contributed by atoms with E-state index in [2.05, 4.69) is 31.2 Å². The number of hydrogen-bond donors (Lipinski definition) is 1. The van der Waals surface area contributed by atoms with E-state index in [4.69, 9.17) is 17.3 Å². The molecule has 1 aromatic heterocycles. The first kappa shape index (κ1) is 14.1. The lowest BCUT2D eigenvalue weighted by Gasteiger charge is -2.27. The molecular formula is C17H20ClNS. The second-order valence-electron chi connectivity index (χ2n) is 5.99. The van der Waals surface area contributed by atoms with Crippen molar-refractivity contribution in [1.82, 2.24) is 0 Å². The quantitative estimate of drug-likeness (QED) is 0.874. The Morgan fingerprint density at radius 2 is 1.90 bits per heavy atom. The zero-order valence-corrected chi connectivity index (χ0v) is 13.4. The molecule has 106 valence electrons. The predicted molar refractivity (Wildman–Crippen MR) is 87.7 cm³/mol. The molecule has 1 aliphatic rings. The first-order valence-corrected chi connectivity index (χ1v) is 8.39. The molecule has 0 bridgehead atoms. The molecule has 3 heteroatoms. The number of halogens is 1. The summed E-state index contributed by atoms with van der Waals surface area (Å²) in [4.78, 5) is 1.25. The summed E-state index contributed by atoms with van der Waals surface area (Å²) in [5, 5.41) is 0. The summed E-state index contributed by atoms with van der Waals surface area (Å²) in [6.45, 7) is 2.12. The van der Waals surface area contributed by atoms with Gasteiger partial charge in [-0.05, 0) is 61.4 Å². The highest BCUT2D eigenvalue weighted by molar-refractivity contribution is 7.16. The number of rotatable bonds is 3. The highest BCUT2D eigenvalue weighted by Crippen LogP contribution is 2.31. The highest BCUT2D eigenvalue weighted by Gasteiger charge is 2.24. The van der Waals surface area contributed by atoms with Crippen LogP contribution in [0, 0.1) is 0 Å². The van der Waals surface area contributed by atoms with Gasteiger partial charge in [-0.15, -0.1) is 11.3 Å². The number of thiophene rings is 1. The molecule has 0 fully saturated rings. The molecule has 3 rings (SSSR count). The van der Waals surface area contributed by atoms with Crippen molar-refractivity contribution >= 4 is 22.9 Å². The van der Waals surface area contributed by atoms with Crippen LogP contribution in [0.15, 0.2) is 30.3 Å². The van der Waals surface area contributed by atoms with E-state index in [9.17, 15) is 0 Å². The van der Waals surface area contributed by atoms with Gasteiger partial charge in [0.25, 0.3) is 0 Å². The lowest BCUT2D eigenvalue weighted by atomic mass is 9.83. The van der Waals surface area contributed by atoms with Gasteiger partial charge in [0.15, 0.2) is 0 Å². The molecular weight excluding hydrogens is 286 g/mol. The van der Waals surface area contributed by atoms with E-state index >= 15 is 0 Å². The van der Waals surface area contributed by atoms with Gasteiger partial charge in [0.2, 0.25) is 0 Å². The Bertz CT molecular complexity index is 615. The third kappa shape index (κ3) is 2.93. The first-order chi connectivity index (χ1) is 9.54.